The summed E-state index contributed by atoms with van der Waals surface area (Å²) >= 11 is 0. The van der Waals surface area contributed by atoms with Gasteiger partial charge in [-0.3, -0.25) is 14.5 Å². The van der Waals surface area contributed by atoms with Crippen molar-refractivity contribution in [1.29, 1.82) is 0 Å². The Kier molecular flexibility index (Phi) is 3.45. The molecule has 2 heterocycles. The fraction of sp³-hybridized carbons (Fsp3) is 0.444. The van der Waals surface area contributed by atoms with Gasteiger partial charge >= 0.3 is 0 Å². The molecule has 2 aromatic rings. The second-order valence-electron chi connectivity index (χ2n) is 6.56. The molecule has 1 aliphatic heterocycles. The maximum absolute atomic E-state index is 12.7. The van der Waals surface area contributed by atoms with Gasteiger partial charge < -0.3 is 9.88 Å². The van der Waals surface area contributed by atoms with E-state index in [1.54, 1.807) is 4.90 Å². The van der Waals surface area contributed by atoms with Crippen molar-refractivity contribution in [3.8, 4) is 0 Å². The number of nitrogens with one attached hydrogen (secondary N) is 1. The number of aromatic nitrogens is 1. The number of piperazine rings is 1. The maximum atomic E-state index is 12.7. The zero-order valence-corrected chi connectivity index (χ0v) is 13.3. The molecule has 1 N–H and O–H groups in total. The van der Waals surface area contributed by atoms with E-state index in [0.29, 0.717) is 18.7 Å². The van der Waals surface area contributed by atoms with Crippen molar-refractivity contribution in [1.82, 2.24) is 14.8 Å². The lowest BCUT2D eigenvalue weighted by molar-refractivity contribution is -0.128. The van der Waals surface area contributed by atoms with E-state index in [2.05, 4.69) is 9.88 Å². The number of fused-ring (bicyclic) bond motifs is 1. The number of rotatable bonds is 3. The first kappa shape index (κ1) is 14.5. The van der Waals surface area contributed by atoms with E-state index in [0.717, 1.165) is 35.7 Å². The summed E-state index contributed by atoms with van der Waals surface area (Å²) < 4.78 is 0. The number of hydrogen-bond donors (Lipinski definition) is 1. The van der Waals surface area contributed by atoms with E-state index in [1.807, 2.05) is 31.2 Å². The van der Waals surface area contributed by atoms with Crippen LogP contribution in [0.4, 0.5) is 0 Å². The first-order valence-corrected chi connectivity index (χ1v) is 8.30. The van der Waals surface area contributed by atoms with E-state index in [4.69, 9.17) is 0 Å². The van der Waals surface area contributed by atoms with Crippen LogP contribution in [-0.4, -0.2) is 58.7 Å². The summed E-state index contributed by atoms with van der Waals surface area (Å²) in [5.41, 5.74) is 2.19. The average molecular weight is 311 g/mol. The highest BCUT2D eigenvalue weighted by molar-refractivity contribution is 6.45. The van der Waals surface area contributed by atoms with Gasteiger partial charge in [-0.2, -0.15) is 0 Å². The number of benzene rings is 1. The number of ketones is 1. The van der Waals surface area contributed by atoms with Crippen LogP contribution < -0.4 is 0 Å². The van der Waals surface area contributed by atoms with Crippen molar-refractivity contribution in [2.45, 2.75) is 25.8 Å². The molecule has 2 aliphatic rings. The van der Waals surface area contributed by atoms with Gasteiger partial charge in [0.2, 0.25) is 0 Å². The van der Waals surface area contributed by atoms with Gasteiger partial charge in [-0.1, -0.05) is 18.2 Å². The van der Waals surface area contributed by atoms with Crippen LogP contribution in [0.3, 0.4) is 0 Å². The van der Waals surface area contributed by atoms with Gasteiger partial charge in [0, 0.05) is 48.8 Å². The van der Waals surface area contributed by atoms with Crippen LogP contribution in [0.5, 0.6) is 0 Å². The van der Waals surface area contributed by atoms with Crippen molar-refractivity contribution >= 4 is 22.6 Å². The molecule has 0 radical (unpaired) electrons. The van der Waals surface area contributed by atoms with Crippen LogP contribution in [-0.2, 0) is 4.79 Å². The van der Waals surface area contributed by atoms with Gasteiger partial charge in [0.15, 0.2) is 0 Å². The average Bonchev–Trinajstić information content (AvgIpc) is 3.36. The summed E-state index contributed by atoms with van der Waals surface area (Å²) in [5.74, 6) is -0.756. The molecular weight excluding hydrogens is 290 g/mol. The smallest absolute Gasteiger partial charge is 0.295 e. The lowest BCUT2D eigenvalue weighted by Gasteiger charge is -2.34. The highest BCUT2D eigenvalue weighted by Crippen LogP contribution is 2.28. The van der Waals surface area contributed by atoms with Crippen molar-refractivity contribution in [3.63, 3.8) is 0 Å². The number of carbonyl (C=O) groups is 2. The molecular formula is C18H21N3O2. The van der Waals surface area contributed by atoms with Gasteiger partial charge in [0.25, 0.3) is 11.7 Å². The minimum Gasteiger partial charge on any atom is -0.358 e. The Labute approximate surface area is 135 Å². The minimum absolute atomic E-state index is 0.367. The number of amides is 1. The van der Waals surface area contributed by atoms with Gasteiger partial charge in [-0.25, -0.2) is 0 Å². The first-order valence-electron chi connectivity index (χ1n) is 8.30. The molecule has 5 nitrogen and oxygen atoms in total. The third-order valence-corrected chi connectivity index (χ3v) is 4.98. The molecule has 5 heteroatoms. The Hall–Kier alpha value is -2.14. The summed E-state index contributed by atoms with van der Waals surface area (Å²) in [6.07, 6.45) is 2.56. The quantitative estimate of drug-likeness (QED) is 0.696. The third-order valence-electron chi connectivity index (χ3n) is 4.98. The van der Waals surface area contributed by atoms with Gasteiger partial charge in [-0.15, -0.1) is 0 Å². The molecule has 0 bridgehead atoms. The van der Waals surface area contributed by atoms with E-state index < -0.39 is 0 Å². The number of aryl methyl sites for hydroxylation is 1. The Morgan fingerprint density at radius 1 is 1.09 bits per heavy atom. The molecule has 1 saturated carbocycles. The molecule has 0 atom stereocenters. The number of Topliss-reactive ketones (excluding diaryl/α,β-unsaturated/α-hetero) is 1. The lowest BCUT2D eigenvalue weighted by atomic mass is 10.1. The molecule has 1 aliphatic carbocycles. The molecule has 1 amide bonds. The molecule has 0 spiro atoms. The number of carbonyl (C=O) groups excluding carboxylic acids is 2. The Balaban J connectivity index is 1.53. The molecule has 1 saturated heterocycles. The summed E-state index contributed by atoms with van der Waals surface area (Å²) in [6, 6.07) is 8.36. The van der Waals surface area contributed by atoms with E-state index in [1.165, 1.54) is 12.8 Å². The van der Waals surface area contributed by atoms with Crippen molar-refractivity contribution in [2.75, 3.05) is 26.2 Å². The molecule has 2 fully saturated rings. The largest absolute Gasteiger partial charge is 0.358 e. The Bertz CT molecular complexity index is 768. The molecule has 1 aromatic heterocycles. The van der Waals surface area contributed by atoms with Gasteiger partial charge in [-0.05, 0) is 25.8 Å². The SMILES string of the molecule is Cc1[nH]c2ccccc2c1C(=O)C(=O)N1CCN(C2CC2)CC1. The van der Waals surface area contributed by atoms with E-state index >= 15 is 0 Å². The molecule has 23 heavy (non-hydrogen) atoms. The number of aromatic amines is 1. The van der Waals surface area contributed by atoms with E-state index in [9.17, 15) is 9.59 Å². The van der Waals surface area contributed by atoms with E-state index in [-0.39, 0.29) is 11.7 Å². The van der Waals surface area contributed by atoms with Crippen molar-refractivity contribution in [3.05, 3.63) is 35.5 Å². The standard InChI is InChI=1S/C18H21N3O2/c1-12-16(14-4-2-3-5-15(14)19-12)17(22)18(23)21-10-8-20(9-11-21)13-6-7-13/h2-5,13,19H,6-11H2,1H3. The minimum atomic E-state index is -0.389. The zero-order valence-electron chi connectivity index (χ0n) is 13.3. The van der Waals surface area contributed by atoms with Crippen LogP contribution in [0.25, 0.3) is 10.9 Å². The van der Waals surface area contributed by atoms with Crippen LogP contribution in [0, 0.1) is 6.92 Å². The Morgan fingerprint density at radius 2 is 1.78 bits per heavy atom. The molecule has 4 rings (SSSR count). The molecule has 120 valence electrons. The Morgan fingerprint density at radius 3 is 2.48 bits per heavy atom. The molecule has 0 unspecified atom stereocenters. The maximum Gasteiger partial charge on any atom is 0.295 e. The van der Waals surface area contributed by atoms with Crippen molar-refractivity contribution < 1.29 is 9.59 Å². The van der Waals surface area contributed by atoms with Crippen LogP contribution in [0.1, 0.15) is 28.9 Å². The molecule has 1 aromatic carbocycles. The summed E-state index contributed by atoms with van der Waals surface area (Å²) in [5, 5.41) is 0.833. The second kappa shape index (κ2) is 5.49. The number of hydrogen-bond acceptors (Lipinski definition) is 3. The van der Waals surface area contributed by atoms with Gasteiger partial charge in [0.1, 0.15) is 0 Å². The second-order valence-corrected chi connectivity index (χ2v) is 6.56. The highest BCUT2D eigenvalue weighted by atomic mass is 16.2. The van der Waals surface area contributed by atoms with Crippen molar-refractivity contribution in [2.24, 2.45) is 0 Å². The number of para-hydroxylation sites is 1. The fourth-order valence-corrected chi connectivity index (χ4v) is 3.55. The lowest BCUT2D eigenvalue weighted by Crippen LogP contribution is -2.51. The predicted octanol–water partition coefficient (Wildman–Crippen LogP) is 1.97. The zero-order chi connectivity index (χ0) is 16.0. The summed E-state index contributed by atoms with van der Waals surface area (Å²) in [7, 11) is 0. The third kappa shape index (κ3) is 2.55. The monoisotopic (exact) mass is 311 g/mol. The van der Waals surface area contributed by atoms with Crippen LogP contribution >= 0.6 is 0 Å². The summed E-state index contributed by atoms with van der Waals surface area (Å²) in [6.45, 7) is 4.93. The normalized spacial score (nSPS) is 19.3. The summed E-state index contributed by atoms with van der Waals surface area (Å²) in [4.78, 5) is 32.7. The fourth-order valence-electron chi connectivity index (χ4n) is 3.55. The topological polar surface area (TPSA) is 56.4 Å². The van der Waals surface area contributed by atoms with Crippen LogP contribution in [0.2, 0.25) is 0 Å². The number of H-pyrrole nitrogens is 1. The first-order chi connectivity index (χ1) is 11.1. The number of nitrogens with zero attached hydrogens (tertiary/aromatic N) is 2. The van der Waals surface area contributed by atoms with Gasteiger partial charge in [0.05, 0.1) is 5.56 Å². The predicted molar refractivity (Wildman–Crippen MR) is 88.5 cm³/mol. The van der Waals surface area contributed by atoms with Crippen LogP contribution in [0.15, 0.2) is 24.3 Å². The highest BCUT2D eigenvalue weighted by Gasteiger charge is 2.34.